The van der Waals surface area contributed by atoms with E-state index in [1.165, 1.54) is 13.0 Å². The van der Waals surface area contributed by atoms with E-state index >= 15 is 0 Å². The number of rotatable bonds is 0. The molecule has 0 unspecified atom stereocenters. The summed E-state index contributed by atoms with van der Waals surface area (Å²) in [5.74, 6) is 0.819. The highest BCUT2D eigenvalue weighted by molar-refractivity contribution is 5.59. The molecule has 62 valence electrons. The lowest BCUT2D eigenvalue weighted by Gasteiger charge is -2.43. The monoisotopic (exact) mass is 161 g/mol. The molecule has 3 aliphatic carbocycles. The standard InChI is InChI=1S/C9H11N3/c1-2-9-3-7(1)8(9)12-6-10-5-11(12)4-9/h1-2,6-8H,3-5H2/t7-,8-,9+/m0/s1. The molecule has 0 aromatic rings. The van der Waals surface area contributed by atoms with Gasteiger partial charge >= 0.3 is 0 Å². The molecule has 3 heteroatoms. The first-order chi connectivity index (χ1) is 5.89. The fourth-order valence-corrected chi connectivity index (χ4v) is 3.34. The predicted octanol–water partition coefficient (Wildman–Crippen LogP) is 0.463. The summed E-state index contributed by atoms with van der Waals surface area (Å²) < 4.78 is 0. The van der Waals surface area contributed by atoms with Crippen molar-refractivity contribution in [1.29, 1.82) is 0 Å². The normalized spacial score (nSPS) is 52.8. The summed E-state index contributed by atoms with van der Waals surface area (Å²) >= 11 is 0. The maximum Gasteiger partial charge on any atom is 0.110 e. The fraction of sp³-hybridized carbons (Fsp3) is 0.667. The van der Waals surface area contributed by atoms with Crippen molar-refractivity contribution in [2.24, 2.45) is 16.3 Å². The van der Waals surface area contributed by atoms with E-state index in [9.17, 15) is 0 Å². The van der Waals surface area contributed by atoms with Gasteiger partial charge in [0.25, 0.3) is 0 Å². The van der Waals surface area contributed by atoms with Crippen LogP contribution in [0.3, 0.4) is 0 Å². The molecular weight excluding hydrogens is 150 g/mol. The van der Waals surface area contributed by atoms with Crippen LogP contribution >= 0.6 is 0 Å². The van der Waals surface area contributed by atoms with Gasteiger partial charge in [-0.25, -0.2) is 0 Å². The molecule has 2 aliphatic heterocycles. The van der Waals surface area contributed by atoms with E-state index in [0.717, 1.165) is 18.6 Å². The van der Waals surface area contributed by atoms with Gasteiger partial charge in [-0.05, 0) is 6.42 Å². The molecule has 12 heavy (non-hydrogen) atoms. The minimum Gasteiger partial charge on any atom is -0.289 e. The Labute approximate surface area is 71.3 Å². The predicted molar refractivity (Wildman–Crippen MR) is 45.4 cm³/mol. The quantitative estimate of drug-likeness (QED) is 0.481. The number of fused-ring (bicyclic) bond motifs is 1. The topological polar surface area (TPSA) is 18.8 Å². The highest BCUT2D eigenvalue weighted by atomic mass is 15.7. The summed E-state index contributed by atoms with van der Waals surface area (Å²) in [5.41, 5.74) is 0.525. The number of nitrogens with zero attached hydrogens (tertiary/aromatic N) is 3. The fourth-order valence-electron chi connectivity index (χ4n) is 3.34. The first kappa shape index (κ1) is 5.75. The van der Waals surface area contributed by atoms with Gasteiger partial charge in [-0.15, -0.1) is 0 Å². The molecule has 3 nitrogen and oxygen atoms in total. The Kier molecular flexibility index (Phi) is 0.702. The maximum atomic E-state index is 4.28. The number of aliphatic imine (C=N–C) groups is 1. The molecule has 5 aliphatic rings. The molecule has 2 heterocycles. The Balaban J connectivity index is 1.83. The van der Waals surface area contributed by atoms with Gasteiger partial charge in [-0.1, -0.05) is 12.2 Å². The minimum absolute atomic E-state index is 0.525. The average Bonchev–Trinajstić information content (AvgIpc) is 2.65. The van der Waals surface area contributed by atoms with Crippen molar-refractivity contribution in [2.45, 2.75) is 12.5 Å². The smallest absolute Gasteiger partial charge is 0.110 e. The average molecular weight is 161 g/mol. The first-order valence-electron chi connectivity index (χ1n) is 4.62. The molecule has 3 atom stereocenters. The van der Waals surface area contributed by atoms with E-state index in [1.54, 1.807) is 0 Å². The molecule has 2 bridgehead atoms. The lowest BCUT2D eigenvalue weighted by atomic mass is 9.65. The Morgan fingerprint density at radius 2 is 2.50 bits per heavy atom. The minimum atomic E-state index is 0.525. The lowest BCUT2D eigenvalue weighted by Crippen LogP contribution is -2.50. The van der Waals surface area contributed by atoms with Crippen LogP contribution in [0.1, 0.15) is 6.42 Å². The second-order valence-electron chi connectivity index (χ2n) is 4.39. The van der Waals surface area contributed by atoms with Crippen LogP contribution in [0.4, 0.5) is 0 Å². The third-order valence-corrected chi connectivity index (χ3v) is 3.82. The van der Waals surface area contributed by atoms with E-state index in [1.807, 2.05) is 6.34 Å². The van der Waals surface area contributed by atoms with E-state index in [2.05, 4.69) is 27.2 Å². The number of hydrogen-bond donors (Lipinski definition) is 0. The molecule has 2 fully saturated rings. The van der Waals surface area contributed by atoms with Crippen LogP contribution in [-0.4, -0.2) is 35.6 Å². The van der Waals surface area contributed by atoms with Crippen molar-refractivity contribution >= 4 is 6.34 Å². The summed E-state index contributed by atoms with van der Waals surface area (Å²) in [6, 6.07) is 0.740. The van der Waals surface area contributed by atoms with Gasteiger partial charge in [0.15, 0.2) is 0 Å². The van der Waals surface area contributed by atoms with E-state index in [0.29, 0.717) is 5.41 Å². The zero-order chi connectivity index (χ0) is 7.76. The van der Waals surface area contributed by atoms with Crippen molar-refractivity contribution in [3.8, 4) is 0 Å². The van der Waals surface area contributed by atoms with Gasteiger partial charge in [0, 0.05) is 17.9 Å². The molecule has 5 rings (SSSR count). The third-order valence-electron chi connectivity index (χ3n) is 3.82. The Bertz CT molecular complexity index is 309. The largest absolute Gasteiger partial charge is 0.289 e. The van der Waals surface area contributed by atoms with Crippen molar-refractivity contribution < 1.29 is 0 Å². The maximum absolute atomic E-state index is 4.28. The van der Waals surface area contributed by atoms with Crippen LogP contribution in [-0.2, 0) is 0 Å². The van der Waals surface area contributed by atoms with Crippen molar-refractivity contribution in [1.82, 2.24) is 10.0 Å². The Morgan fingerprint density at radius 1 is 1.50 bits per heavy atom. The van der Waals surface area contributed by atoms with Gasteiger partial charge in [-0.2, -0.15) is 5.01 Å². The highest BCUT2D eigenvalue weighted by Crippen LogP contribution is 2.60. The van der Waals surface area contributed by atoms with Gasteiger partial charge < -0.3 is 0 Å². The van der Waals surface area contributed by atoms with Crippen LogP contribution in [0.2, 0.25) is 0 Å². The summed E-state index contributed by atoms with van der Waals surface area (Å²) in [6.07, 6.45) is 8.24. The second-order valence-corrected chi connectivity index (χ2v) is 4.39. The molecule has 0 radical (unpaired) electrons. The van der Waals surface area contributed by atoms with Crippen LogP contribution < -0.4 is 0 Å². The number of hydrogen-bond acceptors (Lipinski definition) is 3. The van der Waals surface area contributed by atoms with Crippen molar-refractivity contribution in [3.63, 3.8) is 0 Å². The van der Waals surface area contributed by atoms with Crippen molar-refractivity contribution in [3.05, 3.63) is 12.2 Å². The molecular formula is C9H11N3. The second kappa shape index (κ2) is 1.46. The van der Waals surface area contributed by atoms with Gasteiger partial charge in [-0.3, -0.25) is 10.0 Å². The van der Waals surface area contributed by atoms with E-state index < -0.39 is 0 Å². The van der Waals surface area contributed by atoms with Crippen LogP contribution in [0.25, 0.3) is 0 Å². The molecule has 1 spiro atoms. The van der Waals surface area contributed by atoms with Crippen LogP contribution in [0.15, 0.2) is 17.1 Å². The zero-order valence-corrected chi connectivity index (χ0v) is 6.85. The third kappa shape index (κ3) is 0.399. The molecule has 1 saturated heterocycles. The molecule has 0 aromatic heterocycles. The van der Waals surface area contributed by atoms with Gasteiger partial charge in [0.05, 0.1) is 6.04 Å². The SMILES string of the molecule is C1=C[C@]23C[C@H]1[C@@H]2N1C=NCN1C3. The Hall–Kier alpha value is -0.830. The van der Waals surface area contributed by atoms with E-state index in [4.69, 9.17) is 0 Å². The van der Waals surface area contributed by atoms with Crippen LogP contribution in [0.5, 0.6) is 0 Å². The molecule has 1 saturated carbocycles. The molecule has 0 aromatic carbocycles. The summed E-state index contributed by atoms with van der Waals surface area (Å²) in [5, 5.41) is 4.72. The summed E-state index contributed by atoms with van der Waals surface area (Å²) in [7, 11) is 0. The summed E-state index contributed by atoms with van der Waals surface area (Å²) in [6.45, 7) is 2.09. The molecule has 0 amide bonds. The van der Waals surface area contributed by atoms with Gasteiger partial charge in [0.1, 0.15) is 13.0 Å². The molecule has 0 N–H and O–H groups in total. The van der Waals surface area contributed by atoms with Gasteiger partial charge in [0.2, 0.25) is 0 Å². The van der Waals surface area contributed by atoms with Crippen molar-refractivity contribution in [2.75, 3.05) is 13.2 Å². The highest BCUT2D eigenvalue weighted by Gasteiger charge is 2.64. The Morgan fingerprint density at radius 3 is 3.42 bits per heavy atom. The first-order valence-corrected chi connectivity index (χ1v) is 4.62. The van der Waals surface area contributed by atoms with Crippen LogP contribution in [0, 0.1) is 11.3 Å². The zero-order valence-electron chi connectivity index (χ0n) is 6.85. The lowest BCUT2D eigenvalue weighted by molar-refractivity contribution is 0.0560. The van der Waals surface area contributed by atoms with E-state index in [-0.39, 0.29) is 0 Å². The number of hydrazine groups is 1. The summed E-state index contributed by atoms with van der Waals surface area (Å²) in [4.78, 5) is 4.28.